The lowest BCUT2D eigenvalue weighted by molar-refractivity contribution is -0.156. The molecule has 0 spiro atoms. The molecule has 1 unspecified atom stereocenters. The molecule has 1 atom stereocenters. The van der Waals surface area contributed by atoms with Crippen molar-refractivity contribution in [3.05, 3.63) is 53.9 Å². The lowest BCUT2D eigenvalue weighted by Crippen LogP contribution is -2.48. The smallest absolute Gasteiger partial charge is 0.335 e. The van der Waals surface area contributed by atoms with E-state index in [-0.39, 0.29) is 17.6 Å². The van der Waals surface area contributed by atoms with Gasteiger partial charge in [-0.3, -0.25) is 14.3 Å². The van der Waals surface area contributed by atoms with E-state index in [0.717, 1.165) is 43.1 Å². The van der Waals surface area contributed by atoms with Gasteiger partial charge in [-0.15, -0.1) is 0 Å². The van der Waals surface area contributed by atoms with Crippen LogP contribution in [0.3, 0.4) is 0 Å². The number of aromatic carboxylic acids is 1. The van der Waals surface area contributed by atoms with E-state index in [1.165, 1.54) is 0 Å². The summed E-state index contributed by atoms with van der Waals surface area (Å²) < 4.78 is 13.1. The van der Waals surface area contributed by atoms with Gasteiger partial charge in [-0.1, -0.05) is 6.07 Å². The molecule has 2 aromatic carbocycles. The van der Waals surface area contributed by atoms with Gasteiger partial charge >= 0.3 is 11.9 Å². The quantitative estimate of drug-likeness (QED) is 0.494. The highest BCUT2D eigenvalue weighted by Crippen LogP contribution is 2.29. The fourth-order valence-electron chi connectivity index (χ4n) is 4.43. The molecular formula is C27H34N4O5. The summed E-state index contributed by atoms with van der Waals surface area (Å²) in [5, 5.41) is 9.40. The number of nitrogens with zero attached hydrogens (tertiary/aromatic N) is 4. The molecule has 3 aromatic rings. The summed E-state index contributed by atoms with van der Waals surface area (Å²) in [4.78, 5) is 32.8. The van der Waals surface area contributed by atoms with Gasteiger partial charge in [0.2, 0.25) is 0 Å². The zero-order chi connectivity index (χ0) is 26.0. The minimum Gasteiger partial charge on any atom is -0.478 e. The zero-order valence-corrected chi connectivity index (χ0v) is 21.5. The van der Waals surface area contributed by atoms with Crippen LogP contribution >= 0.6 is 0 Å². The molecule has 1 aromatic heterocycles. The van der Waals surface area contributed by atoms with Gasteiger partial charge in [-0.05, 0) is 64.1 Å². The molecule has 192 valence electrons. The molecule has 1 aliphatic rings. The summed E-state index contributed by atoms with van der Waals surface area (Å²) in [6, 6.07) is 13.2. The number of anilines is 1. The van der Waals surface area contributed by atoms with Crippen LogP contribution in [0, 0.1) is 0 Å². The third-order valence-corrected chi connectivity index (χ3v) is 6.24. The summed E-state index contributed by atoms with van der Waals surface area (Å²) in [5.41, 5.74) is 3.14. The van der Waals surface area contributed by atoms with E-state index in [9.17, 15) is 14.7 Å². The van der Waals surface area contributed by atoms with Crippen molar-refractivity contribution in [3.8, 4) is 5.69 Å². The maximum atomic E-state index is 12.2. The van der Waals surface area contributed by atoms with Crippen LogP contribution in [0.1, 0.15) is 50.0 Å². The first kappa shape index (κ1) is 25.7. The van der Waals surface area contributed by atoms with E-state index in [2.05, 4.69) is 21.9 Å². The van der Waals surface area contributed by atoms with Crippen LogP contribution in [-0.2, 0) is 14.3 Å². The van der Waals surface area contributed by atoms with Crippen LogP contribution < -0.4 is 4.90 Å². The number of aromatic nitrogens is 2. The molecule has 4 rings (SSSR count). The van der Waals surface area contributed by atoms with Gasteiger partial charge in [0.1, 0.15) is 17.5 Å². The number of carbonyl (C=O) groups is 2. The predicted octanol–water partition coefficient (Wildman–Crippen LogP) is 3.89. The van der Waals surface area contributed by atoms with E-state index in [0.29, 0.717) is 17.9 Å². The number of hydrogen-bond acceptors (Lipinski definition) is 7. The van der Waals surface area contributed by atoms with E-state index in [1.54, 1.807) is 25.3 Å². The Morgan fingerprint density at radius 2 is 1.75 bits per heavy atom. The maximum Gasteiger partial charge on any atom is 0.335 e. The number of benzene rings is 2. The molecule has 1 saturated heterocycles. The number of carbonyl (C=O) groups excluding carboxylic acids is 1. The topological polar surface area (TPSA) is 97.1 Å². The van der Waals surface area contributed by atoms with Crippen molar-refractivity contribution < 1.29 is 24.2 Å². The molecule has 36 heavy (non-hydrogen) atoms. The Morgan fingerprint density at radius 1 is 1.06 bits per heavy atom. The molecule has 1 N–H and O–H groups in total. The molecule has 2 heterocycles. The molecule has 9 heteroatoms. The predicted molar refractivity (Wildman–Crippen MR) is 138 cm³/mol. The number of carboxylic acid groups (broad SMARTS) is 1. The van der Waals surface area contributed by atoms with E-state index in [1.807, 2.05) is 44.4 Å². The Labute approximate surface area is 211 Å². The highest BCUT2D eigenvalue weighted by Gasteiger charge is 2.24. The lowest BCUT2D eigenvalue weighted by Gasteiger charge is -2.36. The molecule has 1 fully saturated rings. The Balaban J connectivity index is 1.57. The second-order valence-electron chi connectivity index (χ2n) is 10.1. The first-order valence-corrected chi connectivity index (χ1v) is 12.1. The maximum absolute atomic E-state index is 12.2. The minimum absolute atomic E-state index is 0.196. The SMILES string of the molecule is COC(C)c1nc2cc(C(=O)O)ccc2n1-c1cccc(N2CCN(CC(=O)OC(C)(C)C)CC2)c1. The van der Waals surface area contributed by atoms with Crippen LogP contribution in [0.25, 0.3) is 16.7 Å². The second kappa shape index (κ2) is 10.3. The zero-order valence-electron chi connectivity index (χ0n) is 21.5. The highest BCUT2D eigenvalue weighted by molar-refractivity contribution is 5.93. The van der Waals surface area contributed by atoms with Crippen molar-refractivity contribution in [3.63, 3.8) is 0 Å². The van der Waals surface area contributed by atoms with Gasteiger partial charge in [-0.25, -0.2) is 9.78 Å². The monoisotopic (exact) mass is 494 g/mol. The van der Waals surface area contributed by atoms with Crippen LogP contribution in [0.15, 0.2) is 42.5 Å². The van der Waals surface area contributed by atoms with Crippen molar-refractivity contribution in [2.75, 3.05) is 44.7 Å². The highest BCUT2D eigenvalue weighted by atomic mass is 16.6. The Morgan fingerprint density at radius 3 is 2.39 bits per heavy atom. The van der Waals surface area contributed by atoms with Crippen LogP contribution in [-0.4, -0.2) is 76.9 Å². The molecule has 1 aliphatic heterocycles. The summed E-state index contributed by atoms with van der Waals surface area (Å²) in [6.07, 6.45) is -0.286. The summed E-state index contributed by atoms with van der Waals surface area (Å²) in [7, 11) is 1.63. The van der Waals surface area contributed by atoms with Crippen molar-refractivity contribution in [2.24, 2.45) is 0 Å². The number of rotatable bonds is 7. The van der Waals surface area contributed by atoms with Gasteiger partial charge in [0.15, 0.2) is 0 Å². The molecule has 0 bridgehead atoms. The molecule has 0 amide bonds. The fourth-order valence-corrected chi connectivity index (χ4v) is 4.43. The average molecular weight is 495 g/mol. The largest absolute Gasteiger partial charge is 0.478 e. The number of ether oxygens (including phenoxy) is 2. The van der Waals surface area contributed by atoms with Crippen molar-refractivity contribution >= 4 is 28.7 Å². The van der Waals surface area contributed by atoms with Gasteiger partial charge in [0, 0.05) is 44.7 Å². The average Bonchev–Trinajstić information content (AvgIpc) is 3.21. The number of carboxylic acids is 1. The molecule has 0 radical (unpaired) electrons. The number of hydrogen-bond donors (Lipinski definition) is 1. The van der Waals surface area contributed by atoms with Crippen molar-refractivity contribution in [1.82, 2.24) is 14.5 Å². The van der Waals surface area contributed by atoms with Gasteiger partial charge in [-0.2, -0.15) is 0 Å². The van der Waals surface area contributed by atoms with Crippen LogP contribution in [0.5, 0.6) is 0 Å². The first-order valence-electron chi connectivity index (χ1n) is 12.1. The standard InChI is InChI=1S/C27H34N4O5/c1-18(35-5)25-28-22-15-19(26(33)34)9-10-23(22)31(25)21-8-6-7-20(16-21)30-13-11-29(12-14-30)17-24(32)36-27(2,3)4/h6-10,15-16,18H,11-14,17H2,1-5H3,(H,33,34). The Bertz CT molecular complexity index is 1250. The Kier molecular flexibility index (Phi) is 7.33. The van der Waals surface area contributed by atoms with E-state index >= 15 is 0 Å². The third-order valence-electron chi connectivity index (χ3n) is 6.24. The second-order valence-corrected chi connectivity index (χ2v) is 10.1. The van der Waals surface area contributed by atoms with Gasteiger partial charge in [0.25, 0.3) is 0 Å². The fraction of sp³-hybridized carbons (Fsp3) is 0.444. The van der Waals surface area contributed by atoms with Crippen LogP contribution in [0.2, 0.25) is 0 Å². The van der Waals surface area contributed by atoms with E-state index < -0.39 is 11.6 Å². The summed E-state index contributed by atoms with van der Waals surface area (Å²) >= 11 is 0. The van der Waals surface area contributed by atoms with Crippen LogP contribution in [0.4, 0.5) is 5.69 Å². The van der Waals surface area contributed by atoms with Crippen molar-refractivity contribution in [1.29, 1.82) is 0 Å². The number of piperazine rings is 1. The summed E-state index contributed by atoms with van der Waals surface area (Å²) in [5.74, 6) is -0.481. The molecule has 0 aliphatic carbocycles. The number of methoxy groups -OCH3 is 1. The van der Waals surface area contributed by atoms with Gasteiger partial charge < -0.3 is 19.5 Å². The number of imidazole rings is 1. The number of esters is 1. The Hall–Kier alpha value is -3.43. The molecule has 9 nitrogen and oxygen atoms in total. The molecule has 0 saturated carbocycles. The lowest BCUT2D eigenvalue weighted by atomic mass is 10.2. The summed E-state index contributed by atoms with van der Waals surface area (Å²) in [6.45, 7) is 11.0. The molecular weight excluding hydrogens is 460 g/mol. The first-order chi connectivity index (χ1) is 17.1. The number of fused-ring (bicyclic) bond motifs is 1. The van der Waals surface area contributed by atoms with E-state index in [4.69, 9.17) is 14.5 Å². The van der Waals surface area contributed by atoms with Gasteiger partial charge in [0.05, 0.1) is 23.1 Å². The normalized spacial score (nSPS) is 15.8. The van der Waals surface area contributed by atoms with Crippen molar-refractivity contribution in [2.45, 2.75) is 39.4 Å². The third kappa shape index (κ3) is 5.68. The minimum atomic E-state index is -0.986.